The van der Waals surface area contributed by atoms with E-state index in [1.54, 1.807) is 0 Å². The average Bonchev–Trinajstić information content (AvgIpc) is 2.76. The molecule has 0 saturated carbocycles. The second-order valence-electron chi connectivity index (χ2n) is 6.82. The molecule has 1 aliphatic rings. The summed E-state index contributed by atoms with van der Waals surface area (Å²) in [6, 6.07) is 2.09. The quantitative estimate of drug-likeness (QED) is 0.880. The van der Waals surface area contributed by atoms with Crippen molar-refractivity contribution in [3.05, 3.63) is 22.6 Å². The molecule has 3 rings (SSSR count). The molecule has 0 atom stereocenters. The summed E-state index contributed by atoms with van der Waals surface area (Å²) in [6.45, 7) is 12.1. The molecule has 120 valence electrons. The monoisotopic (exact) mass is 366 g/mol. The van der Waals surface area contributed by atoms with Crippen LogP contribution >= 0.6 is 15.9 Å². The molecular weight excluding hydrogens is 344 g/mol. The third-order valence-electron chi connectivity index (χ3n) is 4.32. The normalized spacial score (nSPS) is 18.2. The van der Waals surface area contributed by atoms with Gasteiger partial charge in [-0.15, -0.1) is 0 Å². The SMILES string of the molecule is CC(C)(C)N1CCN(Cc2cc(Br)c3c(N)ncnn23)CC1. The van der Waals surface area contributed by atoms with Crippen LogP contribution in [0.25, 0.3) is 5.52 Å². The third kappa shape index (κ3) is 2.98. The van der Waals surface area contributed by atoms with E-state index in [-0.39, 0.29) is 5.54 Å². The summed E-state index contributed by atoms with van der Waals surface area (Å²) >= 11 is 3.56. The lowest BCUT2D eigenvalue weighted by Gasteiger charge is -2.42. The molecule has 3 heterocycles. The molecule has 22 heavy (non-hydrogen) atoms. The first kappa shape index (κ1) is 15.7. The fourth-order valence-corrected chi connectivity index (χ4v) is 3.64. The molecule has 1 fully saturated rings. The second-order valence-corrected chi connectivity index (χ2v) is 7.68. The molecule has 1 aliphatic heterocycles. The zero-order chi connectivity index (χ0) is 15.9. The zero-order valence-electron chi connectivity index (χ0n) is 13.4. The van der Waals surface area contributed by atoms with Gasteiger partial charge in [0.05, 0.1) is 5.69 Å². The Kier molecular flexibility index (Phi) is 4.13. The van der Waals surface area contributed by atoms with Crippen LogP contribution in [0.1, 0.15) is 26.5 Å². The van der Waals surface area contributed by atoms with Crippen molar-refractivity contribution in [2.75, 3.05) is 31.9 Å². The minimum absolute atomic E-state index is 0.249. The maximum Gasteiger partial charge on any atom is 0.152 e. The number of nitrogens with two attached hydrogens (primary N) is 1. The summed E-state index contributed by atoms with van der Waals surface area (Å²) in [5.41, 5.74) is 8.19. The lowest BCUT2D eigenvalue weighted by Crippen LogP contribution is -2.53. The first-order chi connectivity index (χ1) is 10.4. The predicted molar refractivity (Wildman–Crippen MR) is 91.7 cm³/mol. The fraction of sp³-hybridized carbons (Fsp3) is 0.600. The molecule has 2 aromatic heterocycles. The van der Waals surface area contributed by atoms with E-state index in [1.165, 1.54) is 6.33 Å². The first-order valence-corrected chi connectivity index (χ1v) is 8.39. The van der Waals surface area contributed by atoms with E-state index in [9.17, 15) is 0 Å². The van der Waals surface area contributed by atoms with Crippen molar-refractivity contribution in [1.82, 2.24) is 24.4 Å². The minimum atomic E-state index is 0.249. The van der Waals surface area contributed by atoms with Crippen molar-refractivity contribution in [3.63, 3.8) is 0 Å². The summed E-state index contributed by atoms with van der Waals surface area (Å²) in [7, 11) is 0. The summed E-state index contributed by atoms with van der Waals surface area (Å²) in [4.78, 5) is 9.07. The number of piperazine rings is 1. The van der Waals surface area contributed by atoms with Gasteiger partial charge in [0.15, 0.2) is 5.82 Å². The van der Waals surface area contributed by atoms with E-state index < -0.39 is 0 Å². The predicted octanol–water partition coefficient (Wildman–Crippen LogP) is 1.99. The largest absolute Gasteiger partial charge is 0.382 e. The van der Waals surface area contributed by atoms with Crippen molar-refractivity contribution >= 4 is 27.3 Å². The number of nitrogen functional groups attached to an aromatic ring is 1. The fourth-order valence-electron chi connectivity index (χ4n) is 3.00. The van der Waals surface area contributed by atoms with E-state index in [4.69, 9.17) is 5.73 Å². The Hall–Kier alpha value is -1.18. The Labute approximate surface area is 139 Å². The Bertz CT molecular complexity index is 666. The van der Waals surface area contributed by atoms with Crippen molar-refractivity contribution in [3.8, 4) is 0 Å². The van der Waals surface area contributed by atoms with Crippen LogP contribution in [0.5, 0.6) is 0 Å². The number of hydrogen-bond acceptors (Lipinski definition) is 5. The number of aromatic nitrogens is 3. The smallest absolute Gasteiger partial charge is 0.152 e. The highest BCUT2D eigenvalue weighted by Crippen LogP contribution is 2.26. The summed E-state index contributed by atoms with van der Waals surface area (Å²) in [5.74, 6) is 0.505. The van der Waals surface area contributed by atoms with Crippen LogP contribution in [0.2, 0.25) is 0 Å². The van der Waals surface area contributed by atoms with Gasteiger partial charge in [0.25, 0.3) is 0 Å². The summed E-state index contributed by atoms with van der Waals surface area (Å²) in [6.07, 6.45) is 1.51. The van der Waals surface area contributed by atoms with Gasteiger partial charge >= 0.3 is 0 Å². The molecule has 2 N–H and O–H groups in total. The van der Waals surface area contributed by atoms with E-state index >= 15 is 0 Å². The average molecular weight is 367 g/mol. The zero-order valence-corrected chi connectivity index (χ0v) is 15.0. The van der Waals surface area contributed by atoms with Gasteiger partial charge in [-0.3, -0.25) is 9.80 Å². The maximum atomic E-state index is 5.95. The van der Waals surface area contributed by atoms with E-state index in [0.717, 1.165) is 48.4 Å². The highest BCUT2D eigenvalue weighted by atomic mass is 79.9. The van der Waals surface area contributed by atoms with Crippen LogP contribution in [-0.4, -0.2) is 56.1 Å². The van der Waals surface area contributed by atoms with E-state index in [1.807, 2.05) is 4.52 Å². The van der Waals surface area contributed by atoms with Gasteiger partial charge in [-0.2, -0.15) is 5.10 Å². The van der Waals surface area contributed by atoms with Gasteiger partial charge in [0.1, 0.15) is 11.8 Å². The van der Waals surface area contributed by atoms with Crippen LogP contribution in [0, 0.1) is 0 Å². The number of hydrogen-bond donors (Lipinski definition) is 1. The van der Waals surface area contributed by atoms with Crippen LogP contribution in [-0.2, 0) is 6.54 Å². The molecule has 2 aromatic rings. The number of halogens is 1. The van der Waals surface area contributed by atoms with Crippen LogP contribution < -0.4 is 5.73 Å². The van der Waals surface area contributed by atoms with Crippen molar-refractivity contribution in [2.45, 2.75) is 32.9 Å². The van der Waals surface area contributed by atoms with Gasteiger partial charge in [0.2, 0.25) is 0 Å². The van der Waals surface area contributed by atoms with Gasteiger partial charge in [-0.1, -0.05) is 0 Å². The molecule has 0 unspecified atom stereocenters. The molecule has 0 spiro atoms. The van der Waals surface area contributed by atoms with E-state index in [0.29, 0.717) is 5.82 Å². The maximum absolute atomic E-state index is 5.95. The highest BCUT2D eigenvalue weighted by Gasteiger charge is 2.26. The Balaban J connectivity index is 1.74. The summed E-state index contributed by atoms with van der Waals surface area (Å²) < 4.78 is 2.84. The molecule has 7 heteroatoms. The standard InChI is InChI=1S/C15H23BrN6/c1-15(2,3)21-6-4-20(5-7-21)9-11-8-12(16)13-14(17)18-10-19-22(11)13/h8,10H,4-7,9H2,1-3H3,(H2,17,18,19). The van der Waals surface area contributed by atoms with Gasteiger partial charge in [-0.25, -0.2) is 9.50 Å². The molecule has 0 bridgehead atoms. The molecule has 6 nitrogen and oxygen atoms in total. The molecule has 0 aliphatic carbocycles. The van der Waals surface area contributed by atoms with Gasteiger partial charge < -0.3 is 5.73 Å². The Morgan fingerprint density at radius 3 is 2.55 bits per heavy atom. The first-order valence-electron chi connectivity index (χ1n) is 7.60. The van der Waals surface area contributed by atoms with E-state index in [2.05, 4.69) is 62.7 Å². The number of fused-ring (bicyclic) bond motifs is 1. The molecule has 0 amide bonds. The molecule has 1 saturated heterocycles. The Morgan fingerprint density at radius 1 is 1.23 bits per heavy atom. The molecule has 0 radical (unpaired) electrons. The molecular formula is C15H23BrN6. The minimum Gasteiger partial charge on any atom is -0.382 e. The van der Waals surface area contributed by atoms with Crippen LogP contribution in [0.4, 0.5) is 5.82 Å². The summed E-state index contributed by atoms with van der Waals surface area (Å²) in [5, 5.41) is 4.34. The lowest BCUT2D eigenvalue weighted by atomic mass is 10.0. The van der Waals surface area contributed by atoms with Crippen molar-refractivity contribution in [1.29, 1.82) is 0 Å². The van der Waals surface area contributed by atoms with Crippen molar-refractivity contribution in [2.24, 2.45) is 0 Å². The Morgan fingerprint density at radius 2 is 1.91 bits per heavy atom. The number of nitrogens with zero attached hydrogens (tertiary/aromatic N) is 5. The van der Waals surface area contributed by atoms with Gasteiger partial charge in [-0.05, 0) is 42.8 Å². The third-order valence-corrected chi connectivity index (χ3v) is 4.92. The van der Waals surface area contributed by atoms with Crippen molar-refractivity contribution < 1.29 is 0 Å². The van der Waals surface area contributed by atoms with Crippen LogP contribution in [0.15, 0.2) is 16.9 Å². The highest BCUT2D eigenvalue weighted by molar-refractivity contribution is 9.10. The van der Waals surface area contributed by atoms with Crippen LogP contribution in [0.3, 0.4) is 0 Å². The topological polar surface area (TPSA) is 62.7 Å². The lowest BCUT2D eigenvalue weighted by molar-refractivity contribution is 0.0583. The van der Waals surface area contributed by atoms with Gasteiger partial charge in [0, 0.05) is 42.7 Å². The number of anilines is 1. The second kappa shape index (κ2) is 5.79. The number of rotatable bonds is 2. The molecule has 0 aromatic carbocycles.